The van der Waals surface area contributed by atoms with Gasteiger partial charge in [0, 0.05) is 23.6 Å². The van der Waals surface area contributed by atoms with E-state index in [9.17, 15) is 9.18 Å². The van der Waals surface area contributed by atoms with E-state index in [-0.39, 0.29) is 6.04 Å². The van der Waals surface area contributed by atoms with Gasteiger partial charge >= 0.3 is 0 Å². The molecule has 0 unspecified atom stereocenters. The number of hydrogen-bond acceptors (Lipinski definition) is 8. The van der Waals surface area contributed by atoms with Gasteiger partial charge in [-0.15, -0.1) is 0 Å². The Balaban J connectivity index is 1.28. The van der Waals surface area contributed by atoms with E-state index in [1.807, 2.05) is 67.4 Å². The number of rotatable bonds is 9. The normalized spacial score (nSPS) is 15.3. The molecule has 1 fully saturated rings. The van der Waals surface area contributed by atoms with Gasteiger partial charge in [0.25, 0.3) is 5.91 Å². The van der Waals surface area contributed by atoms with Crippen molar-refractivity contribution in [3.8, 4) is 23.0 Å². The van der Waals surface area contributed by atoms with Gasteiger partial charge in [0.15, 0.2) is 5.83 Å². The molecule has 1 atom stereocenters. The van der Waals surface area contributed by atoms with Crippen molar-refractivity contribution in [2.45, 2.75) is 25.8 Å². The number of aromatic nitrogens is 2. The average Bonchev–Trinajstić information content (AvgIpc) is 3.45. The zero-order valence-corrected chi connectivity index (χ0v) is 25.6. The van der Waals surface area contributed by atoms with Crippen LogP contribution in [0.4, 0.5) is 21.6 Å². The fourth-order valence-corrected chi connectivity index (χ4v) is 5.55. The number of nitrogens with one attached hydrogen (secondary N) is 2. The van der Waals surface area contributed by atoms with Crippen LogP contribution >= 0.6 is 0 Å². The Morgan fingerprint density at radius 3 is 2.49 bits per heavy atom. The van der Waals surface area contributed by atoms with E-state index < -0.39 is 11.7 Å². The summed E-state index contributed by atoms with van der Waals surface area (Å²) in [5, 5.41) is 8.80. The quantitative estimate of drug-likeness (QED) is 0.166. The summed E-state index contributed by atoms with van der Waals surface area (Å²) in [4.78, 5) is 23.7. The van der Waals surface area contributed by atoms with Crippen molar-refractivity contribution in [3.63, 3.8) is 0 Å². The van der Waals surface area contributed by atoms with Crippen LogP contribution in [0.2, 0.25) is 0 Å². The summed E-state index contributed by atoms with van der Waals surface area (Å²) in [6, 6.07) is 21.0. The second kappa shape index (κ2) is 12.8. The second-order valence-electron chi connectivity index (χ2n) is 11.0. The molecule has 4 aromatic carbocycles. The smallest absolute Gasteiger partial charge is 0.284 e. The number of carbonyl (C=O) groups is 1. The predicted octanol–water partition coefficient (Wildman–Crippen LogP) is 7.53. The fraction of sp³-hybridized carbons (Fsp3) is 0.229. The monoisotopic (exact) mass is 607 g/mol. The fourth-order valence-electron chi connectivity index (χ4n) is 5.55. The summed E-state index contributed by atoms with van der Waals surface area (Å²) >= 11 is 0. The first kappa shape index (κ1) is 29.8. The molecule has 6 rings (SSSR count). The van der Waals surface area contributed by atoms with Gasteiger partial charge in [-0.3, -0.25) is 9.69 Å². The van der Waals surface area contributed by atoms with E-state index in [4.69, 9.17) is 14.2 Å². The number of benzene rings is 4. The minimum atomic E-state index is -0.849. The Kier molecular flexibility index (Phi) is 8.48. The molecular formula is C35H34FN5O4. The van der Waals surface area contributed by atoms with Crippen LogP contribution in [-0.4, -0.2) is 54.6 Å². The van der Waals surface area contributed by atoms with Gasteiger partial charge < -0.3 is 24.8 Å². The van der Waals surface area contributed by atoms with E-state index in [0.717, 1.165) is 35.7 Å². The third-order valence-electron chi connectivity index (χ3n) is 8.04. The van der Waals surface area contributed by atoms with Crippen molar-refractivity contribution in [1.29, 1.82) is 0 Å². The number of amides is 1. The highest BCUT2D eigenvalue weighted by molar-refractivity contribution is 6.05. The maximum Gasteiger partial charge on any atom is 0.284 e. The summed E-state index contributed by atoms with van der Waals surface area (Å²) in [5.74, 6) is 1.01. The van der Waals surface area contributed by atoms with E-state index in [1.54, 1.807) is 19.2 Å². The van der Waals surface area contributed by atoms with Gasteiger partial charge in [-0.05, 0) is 80.0 Å². The molecule has 1 aromatic heterocycles. The highest BCUT2D eigenvalue weighted by Gasteiger charge is 2.22. The molecule has 9 nitrogen and oxygen atoms in total. The molecule has 0 radical (unpaired) electrons. The minimum absolute atomic E-state index is 0.110. The average molecular weight is 608 g/mol. The second-order valence-corrected chi connectivity index (χ2v) is 11.0. The molecule has 0 spiro atoms. The molecule has 2 heterocycles. The topological polar surface area (TPSA) is 97.8 Å². The van der Waals surface area contributed by atoms with Crippen LogP contribution in [0.5, 0.6) is 23.0 Å². The molecule has 1 aliphatic heterocycles. The van der Waals surface area contributed by atoms with Gasteiger partial charge in [-0.1, -0.05) is 30.3 Å². The maximum absolute atomic E-state index is 14.9. The molecule has 10 heteroatoms. The number of fused-ring (bicyclic) bond motifs is 2. The standard InChI is InChI=1S/C35H34FN5O4/c1-21-14-29(33(44-4)19-31(21)45-25-12-11-22-8-5-6-9-23(22)15-25)39-34-26-17-30(32(43-3)18-28(26)37-20-38-34)40-35(42)27(36)16-24-10-7-13-41(24)2/h5-6,8-9,11-12,14-20,24H,7,10,13H2,1-4H3,(H,40,42)(H,37,38,39)/b27-16+/t24-/m1/s1. The van der Waals surface area contributed by atoms with E-state index in [0.29, 0.717) is 51.1 Å². The molecule has 230 valence electrons. The van der Waals surface area contributed by atoms with Gasteiger partial charge in [0.1, 0.15) is 35.1 Å². The molecule has 1 saturated heterocycles. The van der Waals surface area contributed by atoms with Gasteiger partial charge in [0.2, 0.25) is 0 Å². The van der Waals surface area contributed by atoms with E-state index in [1.165, 1.54) is 19.5 Å². The van der Waals surface area contributed by atoms with Crippen molar-refractivity contribution in [2.75, 3.05) is 38.4 Å². The predicted molar refractivity (Wildman–Crippen MR) is 175 cm³/mol. The lowest BCUT2D eigenvalue weighted by Gasteiger charge is -2.17. The Morgan fingerprint density at radius 2 is 1.73 bits per heavy atom. The number of aryl methyl sites for hydroxylation is 1. The number of ether oxygens (including phenoxy) is 3. The van der Waals surface area contributed by atoms with Crippen molar-refractivity contribution < 1.29 is 23.4 Å². The summed E-state index contributed by atoms with van der Waals surface area (Å²) in [7, 11) is 4.98. The third kappa shape index (κ3) is 6.37. The number of halogens is 1. The third-order valence-corrected chi connectivity index (χ3v) is 8.04. The first-order valence-corrected chi connectivity index (χ1v) is 14.7. The summed E-state index contributed by atoms with van der Waals surface area (Å²) in [5.41, 5.74) is 2.38. The van der Waals surface area contributed by atoms with Crippen LogP contribution in [0, 0.1) is 6.92 Å². The van der Waals surface area contributed by atoms with Crippen LogP contribution in [0.3, 0.4) is 0 Å². The number of hydrogen-bond donors (Lipinski definition) is 2. The van der Waals surface area contributed by atoms with Crippen LogP contribution in [-0.2, 0) is 4.79 Å². The highest BCUT2D eigenvalue weighted by atomic mass is 19.1. The zero-order chi connectivity index (χ0) is 31.5. The Bertz CT molecular complexity index is 1930. The molecular weight excluding hydrogens is 573 g/mol. The molecule has 0 saturated carbocycles. The first-order chi connectivity index (χ1) is 21.8. The highest BCUT2D eigenvalue weighted by Crippen LogP contribution is 2.39. The zero-order valence-electron chi connectivity index (χ0n) is 25.6. The first-order valence-electron chi connectivity index (χ1n) is 14.7. The number of likely N-dealkylation sites (tertiary alicyclic amines) is 1. The lowest BCUT2D eigenvalue weighted by molar-refractivity contribution is -0.114. The van der Waals surface area contributed by atoms with Crippen molar-refractivity contribution in [2.24, 2.45) is 0 Å². The Morgan fingerprint density at radius 1 is 0.956 bits per heavy atom. The molecule has 2 N–H and O–H groups in total. The lowest BCUT2D eigenvalue weighted by atomic mass is 10.1. The molecule has 0 aliphatic carbocycles. The van der Waals surface area contributed by atoms with Crippen molar-refractivity contribution >= 4 is 44.8 Å². The summed E-state index contributed by atoms with van der Waals surface area (Å²) in [6.07, 6.45) is 4.57. The lowest BCUT2D eigenvalue weighted by Crippen LogP contribution is -2.24. The number of nitrogens with zero attached hydrogens (tertiary/aromatic N) is 3. The number of anilines is 3. The molecule has 45 heavy (non-hydrogen) atoms. The Labute approximate surface area is 260 Å². The van der Waals surface area contributed by atoms with Gasteiger partial charge in [0.05, 0.1) is 31.1 Å². The molecule has 1 amide bonds. The summed E-state index contributed by atoms with van der Waals surface area (Å²) < 4.78 is 32.4. The van der Waals surface area contributed by atoms with Crippen LogP contribution in [0.25, 0.3) is 21.7 Å². The molecule has 0 bridgehead atoms. The van der Waals surface area contributed by atoms with Gasteiger partial charge in [-0.25, -0.2) is 14.4 Å². The van der Waals surface area contributed by atoms with Gasteiger partial charge in [-0.2, -0.15) is 0 Å². The van der Waals surface area contributed by atoms with E-state index in [2.05, 4.69) is 26.7 Å². The van der Waals surface area contributed by atoms with Crippen LogP contribution in [0.1, 0.15) is 18.4 Å². The Hall–Kier alpha value is -5.22. The van der Waals surface area contributed by atoms with Crippen molar-refractivity contribution in [3.05, 3.63) is 90.5 Å². The van der Waals surface area contributed by atoms with Crippen LogP contribution in [0.15, 0.2) is 85.0 Å². The summed E-state index contributed by atoms with van der Waals surface area (Å²) in [6.45, 7) is 2.82. The minimum Gasteiger partial charge on any atom is -0.494 e. The largest absolute Gasteiger partial charge is 0.494 e. The van der Waals surface area contributed by atoms with Crippen LogP contribution < -0.4 is 24.8 Å². The number of methoxy groups -OCH3 is 2. The number of carbonyl (C=O) groups excluding carboxylic acids is 1. The van der Waals surface area contributed by atoms with E-state index >= 15 is 0 Å². The van der Waals surface area contributed by atoms with Crippen molar-refractivity contribution in [1.82, 2.24) is 14.9 Å². The SMILES string of the molecule is COc1cc2ncnc(Nc3cc(C)c(Oc4ccc5ccccc5c4)cc3OC)c2cc1NC(=O)/C(F)=C\[C@H]1CCCN1C. The molecule has 5 aromatic rings. The molecule has 1 aliphatic rings. The maximum atomic E-state index is 14.9. The number of likely N-dealkylation sites (N-methyl/N-ethyl adjacent to an activating group) is 1.